The van der Waals surface area contributed by atoms with Gasteiger partial charge >= 0.3 is 12.4 Å². The molecule has 0 spiro atoms. The second kappa shape index (κ2) is 7.64. The van der Waals surface area contributed by atoms with E-state index >= 15 is 0 Å². The van der Waals surface area contributed by atoms with Crippen LogP contribution in [-0.4, -0.2) is 27.2 Å². The molecular formula is C16H13F3N6O2. The molecule has 0 radical (unpaired) electrons. The number of hydrogen-bond acceptors (Lipinski definition) is 5. The molecule has 3 N–H and O–H groups in total. The molecule has 0 bridgehead atoms. The number of carbonyl (C=O) groups excluding carboxylic acids is 1. The first kappa shape index (κ1) is 18.0. The molecule has 0 fully saturated rings. The first-order chi connectivity index (χ1) is 12.9. The molecule has 0 atom stereocenters. The molecule has 27 heavy (non-hydrogen) atoms. The summed E-state index contributed by atoms with van der Waals surface area (Å²) in [5, 5.41) is 6.66. The number of aromatic nitrogens is 3. The zero-order valence-corrected chi connectivity index (χ0v) is 13.6. The Kier molecular flexibility index (Phi) is 5.11. The number of hydrazine groups is 1. The number of alkyl halides is 3. The number of carbonyl (C=O) groups is 1. The SMILES string of the molecule is O=C(NNc1ccc(OC(F)(F)F)cc1)Nc1cccnc1-n1cccn1. The summed E-state index contributed by atoms with van der Waals surface area (Å²) in [6.07, 6.45) is 0.0481. The number of rotatable bonds is 5. The molecule has 2 aromatic heterocycles. The number of urea groups is 1. The van der Waals surface area contributed by atoms with Crippen LogP contribution in [0.2, 0.25) is 0 Å². The fourth-order valence-electron chi connectivity index (χ4n) is 2.09. The second-order valence-corrected chi connectivity index (χ2v) is 5.10. The van der Waals surface area contributed by atoms with E-state index in [1.54, 1.807) is 36.8 Å². The molecule has 2 amide bonds. The van der Waals surface area contributed by atoms with Crippen LogP contribution in [0.1, 0.15) is 0 Å². The first-order valence-electron chi connectivity index (χ1n) is 7.54. The molecule has 1 aromatic carbocycles. The molecule has 0 unspecified atom stereocenters. The van der Waals surface area contributed by atoms with Crippen molar-refractivity contribution in [2.24, 2.45) is 0 Å². The minimum Gasteiger partial charge on any atom is -0.406 e. The Labute approximate surface area is 150 Å². The molecular weight excluding hydrogens is 365 g/mol. The number of nitrogens with zero attached hydrogens (tertiary/aromatic N) is 3. The molecule has 140 valence electrons. The number of benzene rings is 1. The average molecular weight is 378 g/mol. The predicted octanol–water partition coefficient (Wildman–Crippen LogP) is 3.31. The van der Waals surface area contributed by atoms with Crippen LogP contribution in [-0.2, 0) is 0 Å². The van der Waals surface area contributed by atoms with Crippen LogP contribution >= 0.6 is 0 Å². The smallest absolute Gasteiger partial charge is 0.406 e. The fourth-order valence-corrected chi connectivity index (χ4v) is 2.09. The third-order valence-electron chi connectivity index (χ3n) is 3.16. The number of nitrogens with one attached hydrogen (secondary N) is 3. The number of amides is 2. The van der Waals surface area contributed by atoms with Crippen LogP contribution < -0.4 is 20.9 Å². The monoisotopic (exact) mass is 378 g/mol. The highest BCUT2D eigenvalue weighted by Crippen LogP contribution is 2.23. The van der Waals surface area contributed by atoms with Gasteiger partial charge in [0.2, 0.25) is 0 Å². The van der Waals surface area contributed by atoms with Gasteiger partial charge in [0.05, 0.1) is 11.4 Å². The van der Waals surface area contributed by atoms with Crippen molar-refractivity contribution in [2.75, 3.05) is 10.7 Å². The minimum absolute atomic E-state index is 0.359. The van der Waals surface area contributed by atoms with Crippen molar-refractivity contribution in [1.82, 2.24) is 20.2 Å². The van der Waals surface area contributed by atoms with Gasteiger partial charge in [-0.2, -0.15) is 5.10 Å². The van der Waals surface area contributed by atoms with Crippen LogP contribution in [0.25, 0.3) is 5.82 Å². The van der Waals surface area contributed by atoms with E-state index in [4.69, 9.17) is 0 Å². The van der Waals surface area contributed by atoms with Crippen LogP contribution in [0, 0.1) is 0 Å². The Bertz CT molecular complexity index is 897. The van der Waals surface area contributed by atoms with Gasteiger partial charge in [0.25, 0.3) is 0 Å². The highest BCUT2D eigenvalue weighted by atomic mass is 19.4. The van der Waals surface area contributed by atoms with Crippen molar-refractivity contribution in [1.29, 1.82) is 0 Å². The van der Waals surface area contributed by atoms with Crippen LogP contribution in [0.3, 0.4) is 0 Å². The van der Waals surface area contributed by atoms with Gasteiger partial charge in [-0.05, 0) is 42.5 Å². The Hall–Kier alpha value is -3.76. The van der Waals surface area contributed by atoms with Gasteiger partial charge in [0.1, 0.15) is 5.75 Å². The van der Waals surface area contributed by atoms with Crippen molar-refractivity contribution < 1.29 is 22.7 Å². The van der Waals surface area contributed by atoms with Gasteiger partial charge in [-0.3, -0.25) is 10.9 Å². The molecule has 0 aliphatic rings. The number of halogens is 3. The summed E-state index contributed by atoms with van der Waals surface area (Å²) in [5.74, 6) is 0.0584. The van der Waals surface area contributed by atoms with Gasteiger partial charge in [-0.25, -0.2) is 14.5 Å². The van der Waals surface area contributed by atoms with Gasteiger partial charge < -0.3 is 10.1 Å². The Morgan fingerprint density at radius 2 is 1.85 bits per heavy atom. The molecule has 8 nitrogen and oxygen atoms in total. The van der Waals surface area contributed by atoms with E-state index in [1.807, 2.05) is 0 Å². The minimum atomic E-state index is -4.76. The third-order valence-corrected chi connectivity index (χ3v) is 3.16. The molecule has 0 saturated heterocycles. The lowest BCUT2D eigenvalue weighted by atomic mass is 10.3. The fraction of sp³-hybridized carbons (Fsp3) is 0.0625. The number of anilines is 2. The lowest BCUT2D eigenvalue weighted by Crippen LogP contribution is -2.34. The van der Waals surface area contributed by atoms with Crippen molar-refractivity contribution in [3.05, 3.63) is 61.1 Å². The van der Waals surface area contributed by atoms with Gasteiger partial charge in [0, 0.05) is 18.6 Å². The summed E-state index contributed by atoms with van der Waals surface area (Å²) in [5.41, 5.74) is 5.71. The Morgan fingerprint density at radius 3 is 2.52 bits per heavy atom. The Balaban J connectivity index is 1.58. The van der Waals surface area contributed by atoms with E-state index in [0.717, 1.165) is 12.1 Å². The van der Waals surface area contributed by atoms with Crippen molar-refractivity contribution in [3.63, 3.8) is 0 Å². The lowest BCUT2D eigenvalue weighted by Gasteiger charge is -2.13. The van der Waals surface area contributed by atoms with Crippen molar-refractivity contribution in [2.45, 2.75) is 6.36 Å². The Morgan fingerprint density at radius 1 is 1.07 bits per heavy atom. The summed E-state index contributed by atoms with van der Waals surface area (Å²) in [6.45, 7) is 0. The normalized spacial score (nSPS) is 10.9. The van der Waals surface area contributed by atoms with E-state index in [9.17, 15) is 18.0 Å². The molecule has 0 aliphatic carbocycles. The summed E-state index contributed by atoms with van der Waals surface area (Å²) in [6, 6.07) is 9.28. The summed E-state index contributed by atoms with van der Waals surface area (Å²) < 4.78 is 41.6. The molecule has 3 aromatic rings. The van der Waals surface area contributed by atoms with E-state index in [2.05, 4.69) is 31.0 Å². The first-order valence-corrected chi connectivity index (χ1v) is 7.54. The van der Waals surface area contributed by atoms with Gasteiger partial charge in [0.15, 0.2) is 5.82 Å². The standard InChI is InChI=1S/C16H13F3N6O2/c17-16(18,19)27-12-6-4-11(5-7-12)23-24-15(26)22-13-3-1-8-20-14(13)25-10-2-9-21-25/h1-10,23H,(H2,22,24,26). The quantitative estimate of drug-likeness (QED) is 0.593. The van der Waals surface area contributed by atoms with E-state index in [-0.39, 0.29) is 5.75 Å². The number of pyridine rings is 1. The van der Waals surface area contributed by atoms with Crippen LogP contribution in [0.4, 0.5) is 29.3 Å². The average Bonchev–Trinajstić information content (AvgIpc) is 3.15. The van der Waals surface area contributed by atoms with Crippen molar-refractivity contribution in [3.8, 4) is 11.6 Å². The summed E-state index contributed by atoms with van der Waals surface area (Å²) in [4.78, 5) is 16.2. The van der Waals surface area contributed by atoms with E-state index in [1.165, 1.54) is 16.8 Å². The van der Waals surface area contributed by atoms with E-state index < -0.39 is 12.4 Å². The molecule has 11 heteroatoms. The van der Waals surface area contributed by atoms with Crippen LogP contribution in [0.15, 0.2) is 61.1 Å². The number of hydrogen-bond donors (Lipinski definition) is 3. The van der Waals surface area contributed by atoms with Gasteiger partial charge in [-0.15, -0.1) is 13.2 Å². The third kappa shape index (κ3) is 5.11. The maximum Gasteiger partial charge on any atom is 0.573 e. The van der Waals surface area contributed by atoms with Crippen LogP contribution in [0.5, 0.6) is 5.75 Å². The molecule has 3 rings (SSSR count). The second-order valence-electron chi connectivity index (χ2n) is 5.10. The maximum atomic E-state index is 12.1. The van der Waals surface area contributed by atoms with Gasteiger partial charge in [-0.1, -0.05) is 0 Å². The molecule has 0 aliphatic heterocycles. The zero-order chi connectivity index (χ0) is 19.3. The summed E-state index contributed by atoms with van der Waals surface area (Å²) >= 11 is 0. The highest BCUT2D eigenvalue weighted by Gasteiger charge is 2.30. The molecule has 2 heterocycles. The number of ether oxygens (including phenoxy) is 1. The van der Waals surface area contributed by atoms with Crippen molar-refractivity contribution >= 4 is 17.4 Å². The zero-order valence-electron chi connectivity index (χ0n) is 13.6. The largest absolute Gasteiger partial charge is 0.573 e. The van der Waals surface area contributed by atoms with E-state index in [0.29, 0.717) is 17.2 Å². The lowest BCUT2D eigenvalue weighted by molar-refractivity contribution is -0.274. The molecule has 0 saturated carbocycles. The summed E-state index contributed by atoms with van der Waals surface area (Å²) in [7, 11) is 0. The maximum absolute atomic E-state index is 12.1. The predicted molar refractivity (Wildman–Crippen MR) is 90.3 cm³/mol. The highest BCUT2D eigenvalue weighted by molar-refractivity contribution is 5.91. The topological polar surface area (TPSA) is 93.1 Å².